The number of anilines is 1. The van der Waals surface area contributed by atoms with Gasteiger partial charge in [-0.05, 0) is 66.0 Å². The molecule has 2 aliphatic heterocycles. The third kappa shape index (κ3) is 6.72. The summed E-state index contributed by atoms with van der Waals surface area (Å²) in [6.45, 7) is 7.56. The predicted molar refractivity (Wildman–Crippen MR) is 191 cm³/mol. The summed E-state index contributed by atoms with van der Waals surface area (Å²) < 4.78 is 0. The number of imidazole rings is 2. The van der Waals surface area contributed by atoms with Crippen LogP contribution in [-0.4, -0.2) is 65.7 Å². The Bertz CT molecular complexity index is 1880. The Morgan fingerprint density at radius 1 is 0.776 bits per heavy atom. The van der Waals surface area contributed by atoms with Crippen molar-refractivity contribution in [1.82, 2.24) is 34.7 Å². The van der Waals surface area contributed by atoms with Gasteiger partial charge in [0.05, 0.1) is 41.6 Å². The van der Waals surface area contributed by atoms with Crippen molar-refractivity contribution in [3.8, 4) is 33.6 Å². The van der Waals surface area contributed by atoms with Crippen LogP contribution in [-0.2, 0) is 9.59 Å². The molecule has 3 aromatic heterocycles. The molecule has 0 unspecified atom stereocenters. The van der Waals surface area contributed by atoms with E-state index < -0.39 is 0 Å². The number of benzene rings is 2. The molecule has 5 heterocycles. The molecule has 2 fully saturated rings. The maximum Gasteiger partial charge on any atom is 0.245 e. The molecule has 2 saturated heterocycles. The molecule has 0 spiro atoms. The molecule has 10 heteroatoms. The Hall–Kier alpha value is -5.25. The number of aromatic nitrogens is 5. The normalized spacial score (nSPS) is 18.3. The van der Waals surface area contributed by atoms with Crippen LogP contribution in [0.2, 0.25) is 0 Å². The zero-order chi connectivity index (χ0) is 33.9. The molecular formula is C39H44N8O2. The number of amides is 2. The standard InChI is InChI=1S/C39H44N8O2/c1-4-35(48)46-20-6-9-33(46)37-41-23-31(44-37)28-15-11-26(12-16-28)27-13-17-29(18-14-27)32-24-42-38(45-32)34-10-7-21-47(34)39(49)36(25(2)3)43-30-8-5-19-40-22-30/h5,8,11-19,22-25,33-34,36,43H,4,6-7,9-10,20-21H2,1-3H3,(H,41,44)(H,42,45)/t33-,34-,36-/m0/s1. The first-order chi connectivity index (χ1) is 23.9. The second-order valence-corrected chi connectivity index (χ2v) is 13.4. The van der Waals surface area contributed by atoms with Gasteiger partial charge in [0.1, 0.15) is 17.7 Å². The van der Waals surface area contributed by atoms with Gasteiger partial charge in [0, 0.05) is 31.9 Å². The second kappa shape index (κ2) is 14.1. The summed E-state index contributed by atoms with van der Waals surface area (Å²) in [6, 6.07) is 20.3. The van der Waals surface area contributed by atoms with Crippen LogP contribution < -0.4 is 5.32 Å². The summed E-state index contributed by atoms with van der Waals surface area (Å²) >= 11 is 0. The van der Waals surface area contributed by atoms with Crippen molar-refractivity contribution in [2.24, 2.45) is 5.92 Å². The van der Waals surface area contributed by atoms with Crippen LogP contribution in [0, 0.1) is 5.92 Å². The fourth-order valence-electron chi connectivity index (χ4n) is 7.18. The molecule has 0 radical (unpaired) electrons. The van der Waals surface area contributed by atoms with Gasteiger partial charge < -0.3 is 25.1 Å². The largest absolute Gasteiger partial charge is 0.372 e. The lowest BCUT2D eigenvalue weighted by Gasteiger charge is -2.30. The van der Waals surface area contributed by atoms with Gasteiger partial charge in [-0.3, -0.25) is 14.6 Å². The molecule has 2 aromatic carbocycles. The average Bonchev–Trinajstić information content (AvgIpc) is 3.97. The summed E-state index contributed by atoms with van der Waals surface area (Å²) in [5.74, 6) is 2.07. The molecule has 5 aromatic rings. The van der Waals surface area contributed by atoms with E-state index in [1.54, 1.807) is 12.4 Å². The summed E-state index contributed by atoms with van der Waals surface area (Å²) in [6.07, 6.45) is 11.5. The molecular weight excluding hydrogens is 612 g/mol. The zero-order valence-electron chi connectivity index (χ0n) is 28.4. The summed E-state index contributed by atoms with van der Waals surface area (Å²) in [4.78, 5) is 50.7. The molecule has 3 atom stereocenters. The number of aromatic amines is 2. The van der Waals surface area contributed by atoms with Gasteiger partial charge in [-0.15, -0.1) is 0 Å². The smallest absolute Gasteiger partial charge is 0.245 e. The number of nitrogens with one attached hydrogen (secondary N) is 3. The summed E-state index contributed by atoms with van der Waals surface area (Å²) in [7, 11) is 0. The number of H-pyrrole nitrogens is 2. The first-order valence-corrected chi connectivity index (χ1v) is 17.5. The highest BCUT2D eigenvalue weighted by Crippen LogP contribution is 2.35. The molecule has 0 aliphatic carbocycles. The number of nitrogens with zero attached hydrogens (tertiary/aromatic N) is 5. The van der Waals surface area contributed by atoms with Crippen molar-refractivity contribution in [2.75, 3.05) is 18.4 Å². The van der Waals surface area contributed by atoms with Crippen LogP contribution in [0.1, 0.15) is 76.6 Å². The molecule has 252 valence electrons. The number of likely N-dealkylation sites (tertiary alicyclic amines) is 2. The van der Waals surface area contributed by atoms with Gasteiger partial charge in [-0.2, -0.15) is 0 Å². The minimum Gasteiger partial charge on any atom is -0.372 e. The maximum absolute atomic E-state index is 13.8. The van der Waals surface area contributed by atoms with E-state index in [1.165, 1.54) is 0 Å². The maximum atomic E-state index is 13.8. The minimum atomic E-state index is -0.349. The monoisotopic (exact) mass is 656 g/mol. The van der Waals surface area contributed by atoms with Crippen molar-refractivity contribution in [1.29, 1.82) is 0 Å². The number of pyridine rings is 1. The van der Waals surface area contributed by atoms with Crippen LogP contribution in [0.15, 0.2) is 85.5 Å². The lowest BCUT2D eigenvalue weighted by atomic mass is 10.0. The van der Waals surface area contributed by atoms with E-state index in [9.17, 15) is 9.59 Å². The number of hydrogen-bond donors (Lipinski definition) is 3. The first-order valence-electron chi connectivity index (χ1n) is 17.5. The molecule has 7 rings (SSSR count). The Morgan fingerprint density at radius 2 is 1.31 bits per heavy atom. The molecule has 3 N–H and O–H groups in total. The SMILES string of the molecule is CCC(=O)N1CCC[C@H]1c1ncc(-c2ccc(-c3ccc(-c4cnc([C@@H]5CCCN5C(=O)[C@@H](Nc5cccnc5)C(C)C)[nH]4)cc3)cc2)[nH]1. The van der Waals surface area contributed by atoms with E-state index in [0.717, 1.165) is 83.2 Å². The molecule has 10 nitrogen and oxygen atoms in total. The highest BCUT2D eigenvalue weighted by molar-refractivity contribution is 5.85. The average molecular weight is 657 g/mol. The highest BCUT2D eigenvalue weighted by Gasteiger charge is 2.37. The third-order valence-corrected chi connectivity index (χ3v) is 9.88. The van der Waals surface area contributed by atoms with Crippen molar-refractivity contribution in [2.45, 2.75) is 71.0 Å². The Balaban J connectivity index is 1.01. The van der Waals surface area contributed by atoms with Crippen LogP contribution >= 0.6 is 0 Å². The quantitative estimate of drug-likeness (QED) is 0.144. The third-order valence-electron chi connectivity index (χ3n) is 9.88. The Kier molecular flexibility index (Phi) is 9.28. The lowest BCUT2D eigenvalue weighted by molar-refractivity contribution is -0.134. The van der Waals surface area contributed by atoms with Crippen LogP contribution in [0.4, 0.5) is 5.69 Å². The van der Waals surface area contributed by atoms with Gasteiger partial charge in [-0.25, -0.2) is 9.97 Å². The molecule has 0 bridgehead atoms. The first kappa shape index (κ1) is 32.3. The number of hydrogen-bond acceptors (Lipinski definition) is 6. The van der Waals surface area contributed by atoms with E-state index in [0.29, 0.717) is 13.0 Å². The van der Waals surface area contributed by atoms with E-state index in [2.05, 4.69) is 87.6 Å². The van der Waals surface area contributed by atoms with E-state index in [1.807, 2.05) is 41.2 Å². The van der Waals surface area contributed by atoms with E-state index in [-0.39, 0.29) is 35.9 Å². The Morgan fingerprint density at radius 3 is 1.82 bits per heavy atom. The number of carbonyl (C=O) groups is 2. The fraction of sp³-hybridized carbons (Fsp3) is 0.359. The van der Waals surface area contributed by atoms with Crippen molar-refractivity contribution in [3.63, 3.8) is 0 Å². The predicted octanol–water partition coefficient (Wildman–Crippen LogP) is 7.40. The summed E-state index contributed by atoms with van der Waals surface area (Å²) in [5, 5.41) is 3.41. The molecule has 2 amide bonds. The Labute approximate surface area is 287 Å². The lowest BCUT2D eigenvalue weighted by Crippen LogP contribution is -2.45. The van der Waals surface area contributed by atoms with E-state index in [4.69, 9.17) is 4.98 Å². The van der Waals surface area contributed by atoms with Gasteiger partial charge in [0.2, 0.25) is 11.8 Å². The van der Waals surface area contributed by atoms with Crippen LogP contribution in [0.25, 0.3) is 33.6 Å². The molecule has 2 aliphatic rings. The fourth-order valence-corrected chi connectivity index (χ4v) is 7.18. The second-order valence-electron chi connectivity index (χ2n) is 13.4. The van der Waals surface area contributed by atoms with E-state index >= 15 is 0 Å². The van der Waals surface area contributed by atoms with Crippen molar-refractivity contribution < 1.29 is 9.59 Å². The molecule has 0 saturated carbocycles. The van der Waals surface area contributed by atoms with Gasteiger partial charge in [-0.1, -0.05) is 69.3 Å². The zero-order valence-corrected chi connectivity index (χ0v) is 28.4. The van der Waals surface area contributed by atoms with Gasteiger partial charge in [0.25, 0.3) is 0 Å². The van der Waals surface area contributed by atoms with Crippen LogP contribution in [0.5, 0.6) is 0 Å². The topological polar surface area (TPSA) is 123 Å². The number of rotatable bonds is 10. The number of carbonyl (C=O) groups excluding carboxylic acids is 2. The summed E-state index contributed by atoms with van der Waals surface area (Å²) in [5.41, 5.74) is 7.07. The van der Waals surface area contributed by atoms with Crippen molar-refractivity contribution >= 4 is 17.5 Å². The minimum absolute atomic E-state index is 0.0296. The molecule has 49 heavy (non-hydrogen) atoms. The van der Waals surface area contributed by atoms with Crippen molar-refractivity contribution in [3.05, 3.63) is 97.1 Å². The van der Waals surface area contributed by atoms with Gasteiger partial charge >= 0.3 is 0 Å². The highest BCUT2D eigenvalue weighted by atomic mass is 16.2. The van der Waals surface area contributed by atoms with Gasteiger partial charge in [0.15, 0.2) is 0 Å². The van der Waals surface area contributed by atoms with Crippen LogP contribution in [0.3, 0.4) is 0 Å².